The van der Waals surface area contributed by atoms with Gasteiger partial charge in [-0.1, -0.05) is 30.3 Å². The van der Waals surface area contributed by atoms with Gasteiger partial charge in [-0.25, -0.2) is 4.79 Å². The van der Waals surface area contributed by atoms with E-state index in [0.29, 0.717) is 11.3 Å². The number of rotatable bonds is 12. The highest BCUT2D eigenvalue weighted by Gasteiger charge is 2.30. The Bertz CT molecular complexity index is 1240. The SMILES string of the molecule is COc1ccc(C[C@H](S)C(=O)NC(CC(=O)O)C(=O)N[C@@H](Cc2c[nH]c3ccccc23)C(=O)O)cc1. The first-order valence-electron chi connectivity index (χ1n) is 11.1. The molecule has 0 aliphatic heterocycles. The first-order chi connectivity index (χ1) is 17.2. The van der Waals surface area contributed by atoms with Gasteiger partial charge in [-0.05, 0) is 35.7 Å². The molecule has 5 N–H and O–H groups in total. The molecule has 0 saturated heterocycles. The zero-order valence-corrected chi connectivity index (χ0v) is 20.3. The molecule has 3 aromatic rings. The Balaban J connectivity index is 1.67. The number of carboxylic acid groups (broad SMARTS) is 2. The molecular weight excluding hydrogens is 486 g/mol. The van der Waals surface area contributed by atoms with Crippen molar-refractivity contribution in [1.82, 2.24) is 15.6 Å². The van der Waals surface area contributed by atoms with Crippen molar-refractivity contribution in [1.29, 1.82) is 0 Å². The summed E-state index contributed by atoms with van der Waals surface area (Å²) in [6.45, 7) is 0. The number of hydrogen-bond donors (Lipinski definition) is 6. The summed E-state index contributed by atoms with van der Waals surface area (Å²) >= 11 is 4.29. The van der Waals surface area contributed by atoms with Crippen LogP contribution < -0.4 is 15.4 Å². The number of benzene rings is 2. The Morgan fingerprint density at radius 2 is 1.61 bits per heavy atom. The number of carbonyl (C=O) groups is 4. The Morgan fingerprint density at radius 3 is 2.25 bits per heavy atom. The van der Waals surface area contributed by atoms with Crippen LogP contribution in [0.4, 0.5) is 0 Å². The summed E-state index contributed by atoms with van der Waals surface area (Å²) < 4.78 is 5.10. The zero-order valence-electron chi connectivity index (χ0n) is 19.4. The second-order valence-corrected chi connectivity index (χ2v) is 8.81. The maximum Gasteiger partial charge on any atom is 0.326 e. The monoisotopic (exact) mass is 513 g/mol. The van der Waals surface area contributed by atoms with E-state index in [-0.39, 0.29) is 12.8 Å². The first-order valence-corrected chi connectivity index (χ1v) is 11.6. The molecule has 2 amide bonds. The topological polar surface area (TPSA) is 158 Å². The number of H-pyrrole nitrogens is 1. The van der Waals surface area contributed by atoms with E-state index in [9.17, 15) is 29.4 Å². The highest BCUT2D eigenvalue weighted by Crippen LogP contribution is 2.19. The number of aromatic amines is 1. The van der Waals surface area contributed by atoms with Crippen LogP contribution in [0.25, 0.3) is 10.9 Å². The van der Waals surface area contributed by atoms with E-state index in [1.165, 1.54) is 7.11 Å². The van der Waals surface area contributed by atoms with Crippen molar-refractivity contribution in [3.8, 4) is 5.75 Å². The van der Waals surface area contributed by atoms with Gasteiger partial charge < -0.3 is 30.6 Å². The van der Waals surface area contributed by atoms with Gasteiger partial charge in [0.25, 0.3) is 0 Å². The average molecular weight is 514 g/mol. The molecule has 0 aliphatic carbocycles. The fraction of sp³-hybridized carbons (Fsp3) is 0.280. The number of hydrogen-bond acceptors (Lipinski definition) is 6. The third kappa shape index (κ3) is 7.01. The minimum Gasteiger partial charge on any atom is -0.497 e. The lowest BCUT2D eigenvalue weighted by Crippen LogP contribution is -2.54. The van der Waals surface area contributed by atoms with Crippen LogP contribution in [-0.2, 0) is 32.0 Å². The number of methoxy groups -OCH3 is 1. The number of aliphatic carboxylic acids is 2. The van der Waals surface area contributed by atoms with Crippen LogP contribution in [0, 0.1) is 0 Å². The molecule has 1 heterocycles. The predicted molar refractivity (Wildman–Crippen MR) is 135 cm³/mol. The summed E-state index contributed by atoms with van der Waals surface area (Å²) in [4.78, 5) is 51.8. The number of carboxylic acids is 2. The van der Waals surface area contributed by atoms with Crippen molar-refractivity contribution < 1.29 is 34.1 Å². The van der Waals surface area contributed by atoms with Gasteiger partial charge >= 0.3 is 11.9 Å². The molecule has 0 bridgehead atoms. The van der Waals surface area contributed by atoms with Crippen LogP contribution in [-0.4, -0.2) is 63.4 Å². The van der Waals surface area contributed by atoms with Gasteiger partial charge in [-0.2, -0.15) is 12.6 Å². The third-order valence-corrected chi connectivity index (χ3v) is 6.03. The summed E-state index contributed by atoms with van der Waals surface area (Å²) in [5.41, 5.74) is 2.28. The molecule has 1 unspecified atom stereocenters. The van der Waals surface area contributed by atoms with E-state index < -0.39 is 47.5 Å². The second kappa shape index (κ2) is 12.1. The Labute approximate surface area is 212 Å². The molecule has 190 valence electrons. The van der Waals surface area contributed by atoms with Gasteiger partial charge in [0, 0.05) is 23.5 Å². The molecule has 1 aromatic heterocycles. The summed E-state index contributed by atoms with van der Waals surface area (Å²) in [5.74, 6) is -3.54. The molecule has 0 aliphatic rings. The quantitative estimate of drug-likeness (QED) is 0.202. The number of aromatic nitrogens is 1. The van der Waals surface area contributed by atoms with Crippen LogP contribution in [0.3, 0.4) is 0 Å². The van der Waals surface area contributed by atoms with Crippen molar-refractivity contribution in [2.45, 2.75) is 36.6 Å². The van der Waals surface area contributed by atoms with E-state index in [1.54, 1.807) is 30.5 Å². The van der Waals surface area contributed by atoms with Crippen LogP contribution >= 0.6 is 12.6 Å². The van der Waals surface area contributed by atoms with Crippen LogP contribution in [0.1, 0.15) is 17.5 Å². The summed E-state index contributed by atoms with van der Waals surface area (Å²) in [6.07, 6.45) is 1.12. The van der Waals surface area contributed by atoms with Crippen molar-refractivity contribution in [3.05, 3.63) is 65.9 Å². The number of thiol groups is 1. The number of para-hydroxylation sites is 1. The number of amides is 2. The molecule has 3 rings (SSSR count). The average Bonchev–Trinajstić information content (AvgIpc) is 3.26. The fourth-order valence-corrected chi connectivity index (χ4v) is 4.01. The van der Waals surface area contributed by atoms with Gasteiger partial charge in [-0.3, -0.25) is 14.4 Å². The van der Waals surface area contributed by atoms with Crippen LogP contribution in [0.15, 0.2) is 54.7 Å². The molecule has 0 fully saturated rings. The predicted octanol–water partition coefficient (Wildman–Crippen LogP) is 1.79. The normalized spacial score (nSPS) is 13.4. The molecule has 2 aromatic carbocycles. The van der Waals surface area contributed by atoms with E-state index in [2.05, 4.69) is 28.2 Å². The highest BCUT2D eigenvalue weighted by molar-refractivity contribution is 7.81. The molecular formula is C25H27N3O7S. The molecule has 0 radical (unpaired) electrons. The largest absolute Gasteiger partial charge is 0.497 e. The summed E-state index contributed by atoms with van der Waals surface area (Å²) in [7, 11) is 1.53. The molecule has 0 saturated carbocycles. The lowest BCUT2D eigenvalue weighted by Gasteiger charge is -2.22. The standard InChI is InChI=1S/C25H27N3O7S/c1-35-16-8-6-14(7-9-16)10-21(36)24(32)27-19(12-22(29)30)23(31)28-20(25(33)34)11-15-13-26-18-5-3-2-4-17(15)18/h2-9,13,19-21,26,36H,10-12H2,1H3,(H,27,32)(H,28,31)(H,29,30)(H,33,34)/t19?,20-,21-/m0/s1. The summed E-state index contributed by atoms with van der Waals surface area (Å²) in [5, 5.41) is 23.6. The van der Waals surface area contributed by atoms with Crippen LogP contribution in [0.2, 0.25) is 0 Å². The smallest absolute Gasteiger partial charge is 0.326 e. The zero-order chi connectivity index (χ0) is 26.2. The van der Waals surface area contributed by atoms with Crippen molar-refractivity contribution >= 4 is 47.3 Å². The van der Waals surface area contributed by atoms with Crippen molar-refractivity contribution in [3.63, 3.8) is 0 Å². The summed E-state index contributed by atoms with van der Waals surface area (Å²) in [6, 6.07) is 11.5. The molecule has 3 atom stereocenters. The van der Waals surface area contributed by atoms with Gasteiger partial charge in [0.15, 0.2) is 0 Å². The maximum atomic E-state index is 12.9. The second-order valence-electron chi connectivity index (χ2n) is 8.19. The van der Waals surface area contributed by atoms with Gasteiger partial charge in [-0.15, -0.1) is 0 Å². The first kappa shape index (κ1) is 26.6. The Kier molecular flexibility index (Phi) is 8.96. The fourth-order valence-electron chi connectivity index (χ4n) is 3.72. The minimum absolute atomic E-state index is 0.0362. The van der Waals surface area contributed by atoms with E-state index >= 15 is 0 Å². The molecule has 0 spiro atoms. The highest BCUT2D eigenvalue weighted by atomic mass is 32.1. The number of ether oxygens (including phenoxy) is 1. The number of carbonyl (C=O) groups excluding carboxylic acids is 2. The maximum absolute atomic E-state index is 12.9. The lowest BCUT2D eigenvalue weighted by atomic mass is 10.0. The Hall–Kier alpha value is -3.99. The van der Waals surface area contributed by atoms with Gasteiger partial charge in [0.1, 0.15) is 17.8 Å². The van der Waals surface area contributed by atoms with Gasteiger partial charge in [0.05, 0.1) is 18.8 Å². The van der Waals surface area contributed by atoms with Crippen molar-refractivity contribution in [2.24, 2.45) is 0 Å². The van der Waals surface area contributed by atoms with Gasteiger partial charge in [0.2, 0.25) is 11.8 Å². The lowest BCUT2D eigenvalue weighted by molar-refractivity contribution is -0.143. The molecule has 11 heteroatoms. The molecule has 36 heavy (non-hydrogen) atoms. The van der Waals surface area contributed by atoms with Crippen LogP contribution in [0.5, 0.6) is 5.75 Å². The van der Waals surface area contributed by atoms with E-state index in [0.717, 1.165) is 16.5 Å². The Morgan fingerprint density at radius 1 is 0.944 bits per heavy atom. The minimum atomic E-state index is -1.48. The molecule has 10 nitrogen and oxygen atoms in total. The van der Waals surface area contributed by atoms with E-state index in [4.69, 9.17) is 4.74 Å². The van der Waals surface area contributed by atoms with Crippen molar-refractivity contribution in [2.75, 3.05) is 7.11 Å². The van der Waals surface area contributed by atoms with E-state index in [1.807, 2.05) is 24.3 Å². The number of fused-ring (bicyclic) bond motifs is 1. The third-order valence-electron chi connectivity index (χ3n) is 5.62. The number of nitrogens with one attached hydrogen (secondary N) is 3.